The lowest BCUT2D eigenvalue weighted by Crippen LogP contribution is -2.13. The Balaban J connectivity index is 1.81. The van der Waals surface area contributed by atoms with Crippen LogP contribution in [0.4, 0.5) is 17.1 Å². The van der Waals surface area contributed by atoms with Gasteiger partial charge < -0.3 is 5.32 Å². The molecule has 0 amide bonds. The van der Waals surface area contributed by atoms with Crippen LogP contribution in [-0.2, 0) is 0 Å². The van der Waals surface area contributed by atoms with E-state index in [1.165, 1.54) is 10.9 Å². The van der Waals surface area contributed by atoms with Crippen molar-refractivity contribution < 1.29 is 4.92 Å². The monoisotopic (exact) mass is 349 g/mol. The Kier molecular flexibility index (Phi) is 4.03. The number of anilines is 1. The molecule has 6 heteroatoms. The molecule has 0 spiro atoms. The second kappa shape index (κ2) is 6.49. The zero-order chi connectivity index (χ0) is 17.2. The summed E-state index contributed by atoms with van der Waals surface area (Å²) in [5.41, 5.74) is 3.54. The molecule has 1 atom stereocenters. The number of nitro benzene ring substituents is 1. The lowest BCUT2D eigenvalue weighted by molar-refractivity contribution is -0.384. The minimum absolute atomic E-state index is 0.0818. The molecule has 3 aromatic rings. The van der Waals surface area contributed by atoms with Crippen molar-refractivity contribution in [2.45, 2.75) is 12.5 Å². The van der Waals surface area contributed by atoms with E-state index in [9.17, 15) is 10.1 Å². The Labute approximate surface area is 148 Å². The van der Waals surface area contributed by atoms with Crippen LogP contribution in [0.25, 0.3) is 0 Å². The molecule has 0 fully saturated rings. The molecule has 1 unspecified atom stereocenters. The molecule has 0 bridgehead atoms. The number of benzene rings is 2. The number of nitrogens with zero attached hydrogens (tertiary/aromatic N) is 2. The highest BCUT2D eigenvalue weighted by Crippen LogP contribution is 2.36. The van der Waals surface area contributed by atoms with Crippen molar-refractivity contribution in [1.29, 1.82) is 0 Å². The van der Waals surface area contributed by atoms with Crippen molar-refractivity contribution in [2.75, 3.05) is 5.32 Å². The molecule has 25 heavy (non-hydrogen) atoms. The first-order valence-corrected chi connectivity index (χ1v) is 8.80. The maximum Gasteiger partial charge on any atom is 0.270 e. The van der Waals surface area contributed by atoms with Gasteiger partial charge in [-0.2, -0.15) is 0 Å². The molecule has 5 nitrogen and oxygen atoms in total. The second-order valence-electron chi connectivity index (χ2n) is 5.80. The maximum atomic E-state index is 11.1. The van der Waals surface area contributed by atoms with Gasteiger partial charge in [0.2, 0.25) is 0 Å². The lowest BCUT2D eigenvalue weighted by Gasteiger charge is -2.17. The fraction of sp³-hybridized carbons (Fsp3) is 0.105. The molecule has 124 valence electrons. The zero-order valence-electron chi connectivity index (χ0n) is 13.3. The maximum absolute atomic E-state index is 11.1. The molecule has 0 aliphatic carbocycles. The summed E-state index contributed by atoms with van der Waals surface area (Å²) in [6, 6.07) is 18.8. The van der Waals surface area contributed by atoms with Gasteiger partial charge in [-0.1, -0.05) is 30.3 Å². The van der Waals surface area contributed by atoms with E-state index >= 15 is 0 Å². The third-order valence-electron chi connectivity index (χ3n) is 4.16. The number of non-ortho nitro benzene ring substituents is 1. The average Bonchev–Trinajstić information content (AvgIpc) is 3.09. The van der Waals surface area contributed by atoms with Gasteiger partial charge in [0, 0.05) is 29.0 Å². The van der Waals surface area contributed by atoms with E-state index in [0.29, 0.717) is 6.42 Å². The molecular weight excluding hydrogens is 334 g/mol. The highest BCUT2D eigenvalue weighted by molar-refractivity contribution is 7.10. The summed E-state index contributed by atoms with van der Waals surface area (Å²) in [7, 11) is 0. The first-order chi connectivity index (χ1) is 12.2. The van der Waals surface area contributed by atoms with E-state index in [2.05, 4.69) is 16.8 Å². The van der Waals surface area contributed by atoms with Crippen molar-refractivity contribution in [3.8, 4) is 0 Å². The molecule has 0 saturated heterocycles. The molecule has 1 N–H and O–H groups in total. The summed E-state index contributed by atoms with van der Waals surface area (Å²) >= 11 is 1.69. The van der Waals surface area contributed by atoms with Crippen LogP contribution < -0.4 is 5.32 Å². The number of para-hydroxylation sites is 2. The van der Waals surface area contributed by atoms with E-state index < -0.39 is 0 Å². The number of fused-ring (bicyclic) bond motifs is 1. The van der Waals surface area contributed by atoms with Gasteiger partial charge in [-0.3, -0.25) is 15.1 Å². The number of thiophene rings is 1. The van der Waals surface area contributed by atoms with Gasteiger partial charge in [0.05, 0.1) is 28.1 Å². The van der Waals surface area contributed by atoms with Crippen LogP contribution in [0, 0.1) is 10.1 Å². The summed E-state index contributed by atoms with van der Waals surface area (Å²) in [5, 5.41) is 16.7. The van der Waals surface area contributed by atoms with Crippen LogP contribution >= 0.6 is 11.3 Å². The third-order valence-corrected chi connectivity index (χ3v) is 5.15. The quantitative estimate of drug-likeness (QED) is 0.513. The largest absolute Gasteiger partial charge is 0.375 e. The van der Waals surface area contributed by atoms with Crippen LogP contribution in [-0.4, -0.2) is 10.6 Å². The van der Waals surface area contributed by atoms with E-state index in [0.717, 1.165) is 22.6 Å². The number of nitro groups is 1. The van der Waals surface area contributed by atoms with Crippen molar-refractivity contribution >= 4 is 34.1 Å². The smallest absolute Gasteiger partial charge is 0.270 e. The molecule has 1 aliphatic heterocycles. The predicted molar refractivity (Wildman–Crippen MR) is 101 cm³/mol. The third kappa shape index (κ3) is 3.16. The molecular formula is C19H15N3O2S. The number of hydrogen-bond donors (Lipinski definition) is 1. The van der Waals surface area contributed by atoms with Crippen molar-refractivity contribution in [3.63, 3.8) is 0 Å². The van der Waals surface area contributed by atoms with Gasteiger partial charge in [-0.05, 0) is 23.6 Å². The highest BCUT2D eigenvalue weighted by atomic mass is 32.1. The Morgan fingerprint density at radius 1 is 1.12 bits per heavy atom. The average molecular weight is 349 g/mol. The van der Waals surface area contributed by atoms with Gasteiger partial charge in [-0.25, -0.2) is 0 Å². The zero-order valence-corrected chi connectivity index (χ0v) is 14.1. The van der Waals surface area contributed by atoms with Crippen molar-refractivity contribution in [3.05, 3.63) is 86.6 Å². The van der Waals surface area contributed by atoms with E-state index in [1.807, 2.05) is 36.4 Å². The summed E-state index contributed by atoms with van der Waals surface area (Å²) in [6.45, 7) is 0. The number of hydrogen-bond acceptors (Lipinski definition) is 5. The van der Waals surface area contributed by atoms with Crippen LogP contribution in [0.5, 0.6) is 0 Å². The predicted octanol–water partition coefficient (Wildman–Crippen LogP) is 5.33. The minimum Gasteiger partial charge on any atom is -0.375 e. The normalized spacial score (nSPS) is 16.3. The Morgan fingerprint density at radius 2 is 2.00 bits per heavy atom. The van der Waals surface area contributed by atoms with Crippen LogP contribution in [0.15, 0.2) is 71.0 Å². The van der Waals surface area contributed by atoms with Crippen LogP contribution in [0.1, 0.15) is 22.9 Å². The summed E-state index contributed by atoms with van der Waals surface area (Å²) in [4.78, 5) is 16.8. The number of nitrogens with one attached hydrogen (secondary N) is 1. The minimum atomic E-state index is -0.371. The molecule has 2 aromatic carbocycles. The van der Waals surface area contributed by atoms with E-state index in [-0.39, 0.29) is 16.7 Å². The highest BCUT2D eigenvalue weighted by Gasteiger charge is 2.22. The van der Waals surface area contributed by atoms with E-state index in [4.69, 9.17) is 4.99 Å². The van der Waals surface area contributed by atoms with Crippen LogP contribution in [0.3, 0.4) is 0 Å². The molecule has 0 saturated carbocycles. The van der Waals surface area contributed by atoms with Gasteiger partial charge >= 0.3 is 0 Å². The topological polar surface area (TPSA) is 67.5 Å². The Bertz CT molecular complexity index is 951. The van der Waals surface area contributed by atoms with Crippen molar-refractivity contribution in [1.82, 2.24) is 0 Å². The van der Waals surface area contributed by atoms with Gasteiger partial charge in [0.1, 0.15) is 0 Å². The second-order valence-corrected chi connectivity index (χ2v) is 6.78. The fourth-order valence-corrected chi connectivity index (χ4v) is 3.74. The molecule has 1 aromatic heterocycles. The Morgan fingerprint density at radius 3 is 2.80 bits per heavy atom. The molecule has 2 heterocycles. The Hall–Kier alpha value is -2.99. The van der Waals surface area contributed by atoms with Gasteiger partial charge in [0.25, 0.3) is 5.69 Å². The SMILES string of the molecule is O=[N+]([O-])c1cccc(C2=Nc3ccccc3NC(c3cccs3)C2)c1. The fourth-order valence-electron chi connectivity index (χ4n) is 2.96. The van der Waals surface area contributed by atoms with Crippen LogP contribution in [0.2, 0.25) is 0 Å². The van der Waals surface area contributed by atoms with Gasteiger partial charge in [0.15, 0.2) is 0 Å². The molecule has 1 aliphatic rings. The van der Waals surface area contributed by atoms with Gasteiger partial charge in [-0.15, -0.1) is 11.3 Å². The number of aliphatic imine (C=N–C) groups is 1. The molecule has 0 radical (unpaired) electrons. The van der Waals surface area contributed by atoms with E-state index in [1.54, 1.807) is 23.5 Å². The van der Waals surface area contributed by atoms with Crippen molar-refractivity contribution in [2.24, 2.45) is 4.99 Å². The summed E-state index contributed by atoms with van der Waals surface area (Å²) in [6.07, 6.45) is 0.663. The number of rotatable bonds is 3. The summed E-state index contributed by atoms with van der Waals surface area (Å²) < 4.78 is 0. The first kappa shape index (κ1) is 15.5. The summed E-state index contributed by atoms with van der Waals surface area (Å²) in [5.74, 6) is 0. The first-order valence-electron chi connectivity index (χ1n) is 7.92. The molecule has 4 rings (SSSR count). The lowest BCUT2D eigenvalue weighted by atomic mass is 10.0. The standard InChI is InChI=1S/C19H15N3O2S/c23-22(24)14-6-3-5-13(11-14)17-12-18(19-9-4-10-25-19)21-16-8-2-1-7-15(16)20-17/h1-11,18,21H,12H2.